The highest BCUT2D eigenvalue weighted by Gasteiger charge is 2.18. The predicted molar refractivity (Wildman–Crippen MR) is 112 cm³/mol. The van der Waals surface area contributed by atoms with E-state index in [0.717, 1.165) is 17.5 Å². The molecular weight excluding hydrogens is 441 g/mol. The quantitative estimate of drug-likeness (QED) is 0.394. The number of halogens is 1. The lowest BCUT2D eigenvalue weighted by molar-refractivity contribution is -0.116. The van der Waals surface area contributed by atoms with E-state index in [1.165, 1.54) is 19.2 Å². The summed E-state index contributed by atoms with van der Waals surface area (Å²) in [6.45, 7) is 0. The first-order chi connectivity index (χ1) is 15.4. The van der Waals surface area contributed by atoms with Crippen LogP contribution in [0.2, 0.25) is 0 Å². The van der Waals surface area contributed by atoms with Crippen molar-refractivity contribution in [1.29, 1.82) is 0 Å². The fourth-order valence-electron chi connectivity index (χ4n) is 3.04. The molecular formula is C21H18FN3O6S. The van der Waals surface area contributed by atoms with Crippen LogP contribution in [-0.2, 0) is 14.6 Å². The van der Waals surface area contributed by atoms with Crippen LogP contribution >= 0.6 is 0 Å². The molecule has 0 unspecified atom stereocenters. The third-order valence-electron chi connectivity index (χ3n) is 4.60. The van der Waals surface area contributed by atoms with Gasteiger partial charge in [0.25, 0.3) is 5.89 Å². The van der Waals surface area contributed by atoms with Gasteiger partial charge in [0.1, 0.15) is 5.82 Å². The minimum absolute atomic E-state index is 0.00307. The lowest BCUT2D eigenvalue weighted by Crippen LogP contribution is -2.14. The summed E-state index contributed by atoms with van der Waals surface area (Å²) in [6.07, 6.45) is -0.0180. The minimum atomic E-state index is -3.62. The molecule has 1 N–H and O–H groups in total. The minimum Gasteiger partial charge on any atom is -0.493 e. The fraction of sp³-hybridized carbons (Fsp3) is 0.190. The van der Waals surface area contributed by atoms with Gasteiger partial charge in [-0.2, -0.15) is 0 Å². The number of aromatic nitrogens is 2. The van der Waals surface area contributed by atoms with Crippen LogP contribution in [0.15, 0.2) is 62.3 Å². The number of hydrogen-bond donors (Lipinski definition) is 1. The normalized spacial score (nSPS) is 11.6. The molecule has 2 aromatic carbocycles. The Morgan fingerprint density at radius 2 is 1.91 bits per heavy atom. The largest absolute Gasteiger partial charge is 0.493 e. The Labute approximate surface area is 182 Å². The smallest absolute Gasteiger partial charge is 0.322 e. The first kappa shape index (κ1) is 21.5. The van der Waals surface area contributed by atoms with Gasteiger partial charge in [-0.3, -0.25) is 10.1 Å². The molecule has 0 radical (unpaired) electrons. The van der Waals surface area contributed by atoms with Crippen molar-refractivity contribution in [2.45, 2.75) is 17.7 Å². The summed E-state index contributed by atoms with van der Waals surface area (Å²) in [6, 6.07) is 11.5. The molecule has 4 aromatic rings. The average molecular weight is 459 g/mol. The van der Waals surface area contributed by atoms with E-state index in [0.29, 0.717) is 17.1 Å². The van der Waals surface area contributed by atoms with Gasteiger partial charge in [0, 0.05) is 11.8 Å². The zero-order valence-corrected chi connectivity index (χ0v) is 17.7. The van der Waals surface area contributed by atoms with Crippen LogP contribution in [0.5, 0.6) is 5.75 Å². The van der Waals surface area contributed by atoms with Crippen molar-refractivity contribution in [3.63, 3.8) is 0 Å². The molecule has 0 bridgehead atoms. The maximum Gasteiger partial charge on any atom is 0.322 e. The lowest BCUT2D eigenvalue weighted by Gasteiger charge is -2.04. The second-order valence-electron chi connectivity index (χ2n) is 6.83. The first-order valence-electron chi connectivity index (χ1n) is 9.54. The molecule has 0 spiro atoms. The van der Waals surface area contributed by atoms with Crippen molar-refractivity contribution in [2.24, 2.45) is 0 Å². The van der Waals surface area contributed by atoms with E-state index in [4.69, 9.17) is 13.6 Å². The molecule has 9 nitrogen and oxygen atoms in total. The Balaban J connectivity index is 1.35. The molecule has 2 aromatic heterocycles. The fourth-order valence-corrected chi connectivity index (χ4v) is 4.35. The van der Waals surface area contributed by atoms with Gasteiger partial charge in [-0.15, -0.1) is 5.10 Å². The van der Waals surface area contributed by atoms with E-state index in [1.807, 2.05) is 12.1 Å². The van der Waals surface area contributed by atoms with Crippen LogP contribution in [0.25, 0.3) is 22.6 Å². The summed E-state index contributed by atoms with van der Waals surface area (Å²) < 4.78 is 53.9. The lowest BCUT2D eigenvalue weighted by atomic mass is 10.2. The number of carbonyl (C=O) groups excluding carboxylic acids is 1. The molecule has 32 heavy (non-hydrogen) atoms. The maximum atomic E-state index is 13.0. The summed E-state index contributed by atoms with van der Waals surface area (Å²) in [7, 11) is -2.09. The number of furan rings is 1. The van der Waals surface area contributed by atoms with Gasteiger partial charge < -0.3 is 13.6 Å². The number of sulfone groups is 1. The molecule has 1 amide bonds. The zero-order valence-electron chi connectivity index (χ0n) is 16.9. The van der Waals surface area contributed by atoms with E-state index in [2.05, 4.69) is 15.5 Å². The summed E-state index contributed by atoms with van der Waals surface area (Å²) in [4.78, 5) is 12.1. The van der Waals surface area contributed by atoms with Gasteiger partial charge in [-0.1, -0.05) is 17.2 Å². The van der Waals surface area contributed by atoms with Crippen molar-refractivity contribution in [3.8, 4) is 17.4 Å². The van der Waals surface area contributed by atoms with Crippen molar-refractivity contribution >= 4 is 32.7 Å². The summed E-state index contributed by atoms with van der Waals surface area (Å²) >= 11 is 0. The maximum absolute atomic E-state index is 13.0. The van der Waals surface area contributed by atoms with Crippen LogP contribution < -0.4 is 10.1 Å². The Bertz CT molecular complexity index is 1360. The molecule has 11 heteroatoms. The molecule has 0 aliphatic carbocycles. The van der Waals surface area contributed by atoms with Crippen molar-refractivity contribution in [3.05, 3.63) is 54.3 Å². The van der Waals surface area contributed by atoms with Crippen LogP contribution in [0.3, 0.4) is 0 Å². The van der Waals surface area contributed by atoms with Gasteiger partial charge in [0.15, 0.2) is 26.9 Å². The molecule has 4 rings (SSSR count). The number of benzene rings is 2. The van der Waals surface area contributed by atoms with E-state index in [1.54, 1.807) is 12.1 Å². The number of methoxy groups -OCH3 is 1. The highest BCUT2D eigenvalue weighted by atomic mass is 32.2. The average Bonchev–Trinajstić information content (AvgIpc) is 3.40. The summed E-state index contributed by atoms with van der Waals surface area (Å²) in [5.41, 5.74) is 0.524. The number of para-hydroxylation sites is 1. The monoisotopic (exact) mass is 459 g/mol. The Hall–Kier alpha value is -3.73. The van der Waals surface area contributed by atoms with Crippen LogP contribution in [0.1, 0.15) is 12.8 Å². The first-order valence-corrected chi connectivity index (χ1v) is 11.2. The van der Waals surface area contributed by atoms with Crippen LogP contribution in [0, 0.1) is 5.82 Å². The van der Waals surface area contributed by atoms with E-state index >= 15 is 0 Å². The third kappa shape index (κ3) is 4.62. The standard InChI is InChI=1S/C21H18FN3O6S/c1-29-16-5-2-4-13-12-17(30-19(13)16)20-24-25-21(31-20)23-18(26)6-3-11-32(27,28)15-9-7-14(22)8-10-15/h2,4-5,7-10,12H,3,6,11H2,1H3,(H,23,25,26). The van der Waals surface area contributed by atoms with Crippen molar-refractivity contribution < 1.29 is 31.2 Å². The zero-order chi connectivity index (χ0) is 22.7. The Morgan fingerprint density at radius 3 is 2.66 bits per heavy atom. The van der Waals surface area contributed by atoms with Gasteiger partial charge in [-0.05, 0) is 42.8 Å². The molecule has 0 saturated heterocycles. The number of rotatable bonds is 8. The SMILES string of the molecule is COc1cccc2cc(-c3nnc(NC(=O)CCCS(=O)(=O)c4ccc(F)cc4)o3)oc12. The molecule has 0 aliphatic rings. The predicted octanol–water partition coefficient (Wildman–Crippen LogP) is 3.82. The van der Waals surface area contributed by atoms with Gasteiger partial charge in [-0.25, -0.2) is 12.8 Å². The second-order valence-corrected chi connectivity index (χ2v) is 8.94. The molecule has 166 valence electrons. The summed E-state index contributed by atoms with van der Waals surface area (Å²) in [5.74, 6) is -0.343. The molecule has 2 heterocycles. The summed E-state index contributed by atoms with van der Waals surface area (Å²) in [5, 5.41) is 10.8. The Kier molecular flexibility index (Phi) is 5.91. The number of carbonyl (C=O) groups is 1. The van der Waals surface area contributed by atoms with Gasteiger partial charge in [0.05, 0.1) is 17.8 Å². The second kappa shape index (κ2) is 8.79. The number of amides is 1. The van der Waals surface area contributed by atoms with Gasteiger partial charge >= 0.3 is 6.01 Å². The highest BCUT2D eigenvalue weighted by molar-refractivity contribution is 7.91. The number of nitrogens with one attached hydrogen (secondary N) is 1. The van der Waals surface area contributed by atoms with Crippen molar-refractivity contribution in [1.82, 2.24) is 10.2 Å². The molecule has 0 fully saturated rings. The van der Waals surface area contributed by atoms with E-state index in [9.17, 15) is 17.6 Å². The number of anilines is 1. The number of ether oxygens (including phenoxy) is 1. The van der Waals surface area contributed by atoms with Crippen LogP contribution in [-0.4, -0.2) is 37.4 Å². The highest BCUT2D eigenvalue weighted by Crippen LogP contribution is 2.33. The van der Waals surface area contributed by atoms with Crippen LogP contribution in [0.4, 0.5) is 10.4 Å². The van der Waals surface area contributed by atoms with Crippen molar-refractivity contribution in [2.75, 3.05) is 18.2 Å². The molecule has 0 aliphatic heterocycles. The van der Waals surface area contributed by atoms with Gasteiger partial charge in [0.2, 0.25) is 5.91 Å². The molecule has 0 atom stereocenters. The Morgan fingerprint density at radius 1 is 1.12 bits per heavy atom. The number of nitrogens with zero attached hydrogens (tertiary/aromatic N) is 2. The third-order valence-corrected chi connectivity index (χ3v) is 6.42. The number of hydrogen-bond acceptors (Lipinski definition) is 8. The molecule has 0 saturated carbocycles. The van der Waals surface area contributed by atoms with E-state index in [-0.39, 0.29) is 35.4 Å². The topological polar surface area (TPSA) is 125 Å². The number of fused-ring (bicyclic) bond motifs is 1. The van der Waals surface area contributed by atoms with E-state index < -0.39 is 21.6 Å².